The summed E-state index contributed by atoms with van der Waals surface area (Å²) in [4.78, 5) is 26.1. The second kappa shape index (κ2) is 19.0. The van der Waals surface area contributed by atoms with Crippen LogP contribution in [-0.2, 0) is 32.2 Å². The lowest BCUT2D eigenvalue weighted by molar-refractivity contribution is -0.276. The van der Waals surface area contributed by atoms with E-state index in [0.29, 0.717) is 19.5 Å². The molecule has 0 bridgehead atoms. The number of amides is 2. The first-order valence-corrected chi connectivity index (χ1v) is 18.3. The summed E-state index contributed by atoms with van der Waals surface area (Å²) in [6.45, 7) is 8.01. The van der Waals surface area contributed by atoms with Crippen LogP contribution in [0.25, 0.3) is 11.1 Å². The van der Waals surface area contributed by atoms with Crippen molar-refractivity contribution in [2.45, 2.75) is 103 Å². The average molecular weight is 670 g/mol. The van der Waals surface area contributed by atoms with Gasteiger partial charge in [0.15, 0.2) is 6.29 Å². The SMILES string of the molecule is CC(=O)NCCCCCC(=O)NCc1cccc(-c2cccc(C3OC(CN4CCCCCCC4)C(C)C(c4ccc(CO)cc4)O3)c2)c1. The normalized spacial score (nSPS) is 21.8. The van der Waals surface area contributed by atoms with Gasteiger partial charge in [-0.25, -0.2) is 0 Å². The summed E-state index contributed by atoms with van der Waals surface area (Å²) in [7, 11) is 0. The van der Waals surface area contributed by atoms with Crippen LogP contribution in [0, 0.1) is 5.92 Å². The van der Waals surface area contributed by atoms with Crippen LogP contribution in [0.2, 0.25) is 0 Å². The van der Waals surface area contributed by atoms with Crippen molar-refractivity contribution in [1.29, 1.82) is 0 Å². The van der Waals surface area contributed by atoms with Crippen LogP contribution in [0.15, 0.2) is 72.8 Å². The third kappa shape index (κ3) is 11.2. The Morgan fingerprint density at radius 1 is 0.796 bits per heavy atom. The largest absolute Gasteiger partial charge is 0.392 e. The third-order valence-electron chi connectivity index (χ3n) is 9.87. The molecule has 2 heterocycles. The fraction of sp³-hybridized carbons (Fsp3) is 0.512. The summed E-state index contributed by atoms with van der Waals surface area (Å²) >= 11 is 0. The van der Waals surface area contributed by atoms with E-state index in [4.69, 9.17) is 9.47 Å². The molecule has 2 amide bonds. The Morgan fingerprint density at radius 3 is 2.24 bits per heavy atom. The summed E-state index contributed by atoms with van der Waals surface area (Å²) in [5.41, 5.74) is 6.16. The molecule has 0 aliphatic carbocycles. The number of aliphatic hydroxyl groups excluding tert-OH is 1. The molecule has 264 valence electrons. The van der Waals surface area contributed by atoms with Crippen molar-refractivity contribution in [2.24, 2.45) is 5.92 Å². The van der Waals surface area contributed by atoms with Crippen molar-refractivity contribution in [3.8, 4) is 11.1 Å². The fourth-order valence-corrected chi connectivity index (χ4v) is 6.94. The highest BCUT2D eigenvalue weighted by molar-refractivity contribution is 5.76. The van der Waals surface area contributed by atoms with Gasteiger partial charge in [0.05, 0.1) is 18.8 Å². The molecule has 5 rings (SSSR count). The summed E-state index contributed by atoms with van der Waals surface area (Å²) in [5.74, 6) is 0.175. The second-order valence-corrected chi connectivity index (χ2v) is 13.8. The maximum atomic E-state index is 12.5. The lowest BCUT2D eigenvalue weighted by Gasteiger charge is -2.43. The molecule has 0 spiro atoms. The predicted molar refractivity (Wildman–Crippen MR) is 193 cm³/mol. The van der Waals surface area contributed by atoms with Crippen molar-refractivity contribution in [1.82, 2.24) is 15.5 Å². The molecule has 0 radical (unpaired) electrons. The number of hydrogen-bond donors (Lipinski definition) is 3. The molecular weight excluding hydrogens is 614 g/mol. The van der Waals surface area contributed by atoms with Crippen LogP contribution in [0.1, 0.15) is 106 Å². The average Bonchev–Trinajstić information content (AvgIpc) is 3.11. The lowest BCUT2D eigenvalue weighted by atomic mass is 9.89. The van der Waals surface area contributed by atoms with Crippen LogP contribution in [0.4, 0.5) is 0 Å². The van der Waals surface area contributed by atoms with E-state index in [-0.39, 0.29) is 36.5 Å². The minimum atomic E-state index is -0.515. The maximum absolute atomic E-state index is 12.5. The number of carbonyl (C=O) groups is 2. The van der Waals surface area contributed by atoms with Gasteiger partial charge in [0.25, 0.3) is 0 Å². The molecule has 2 saturated heterocycles. The number of hydrogen-bond acceptors (Lipinski definition) is 6. The van der Waals surface area contributed by atoms with Gasteiger partial charge in [-0.05, 0) is 78.7 Å². The molecule has 49 heavy (non-hydrogen) atoms. The predicted octanol–water partition coefficient (Wildman–Crippen LogP) is 7.22. The molecule has 8 heteroatoms. The fourth-order valence-electron chi connectivity index (χ4n) is 6.94. The molecule has 3 aromatic carbocycles. The van der Waals surface area contributed by atoms with E-state index in [0.717, 1.165) is 72.3 Å². The van der Waals surface area contributed by atoms with Crippen LogP contribution in [0.3, 0.4) is 0 Å². The quantitative estimate of drug-likeness (QED) is 0.157. The Balaban J connectivity index is 1.26. The van der Waals surface area contributed by atoms with Gasteiger partial charge in [0.1, 0.15) is 0 Å². The van der Waals surface area contributed by atoms with Gasteiger partial charge in [-0.15, -0.1) is 0 Å². The second-order valence-electron chi connectivity index (χ2n) is 13.8. The van der Waals surface area contributed by atoms with Gasteiger partial charge in [-0.1, -0.05) is 93.3 Å². The number of rotatable bonds is 14. The summed E-state index contributed by atoms with van der Waals surface area (Å²) in [5, 5.41) is 15.5. The van der Waals surface area contributed by atoms with Crippen LogP contribution >= 0.6 is 0 Å². The maximum Gasteiger partial charge on any atom is 0.220 e. The topological polar surface area (TPSA) is 100 Å². The number of aliphatic hydroxyl groups is 1. The molecule has 2 aliphatic heterocycles. The van der Waals surface area contributed by atoms with Gasteiger partial charge in [0, 0.05) is 44.5 Å². The minimum absolute atomic E-state index is 0.00787. The van der Waals surface area contributed by atoms with Crippen molar-refractivity contribution >= 4 is 11.8 Å². The Morgan fingerprint density at radius 2 is 1.51 bits per heavy atom. The van der Waals surface area contributed by atoms with Crippen molar-refractivity contribution in [2.75, 3.05) is 26.2 Å². The number of benzene rings is 3. The van der Waals surface area contributed by atoms with Crippen molar-refractivity contribution in [3.05, 3.63) is 95.1 Å². The number of likely N-dealkylation sites (tertiary alicyclic amines) is 1. The Kier molecular flexibility index (Phi) is 14.2. The molecule has 0 aromatic heterocycles. The highest BCUT2D eigenvalue weighted by Crippen LogP contribution is 2.42. The number of ether oxygens (including phenoxy) is 2. The Bertz CT molecular complexity index is 1470. The first-order valence-electron chi connectivity index (χ1n) is 18.3. The van der Waals surface area contributed by atoms with Gasteiger partial charge in [-0.3, -0.25) is 9.59 Å². The first kappa shape index (κ1) is 36.7. The third-order valence-corrected chi connectivity index (χ3v) is 9.87. The molecule has 0 saturated carbocycles. The summed E-state index contributed by atoms with van der Waals surface area (Å²) in [6.07, 6.45) is 8.82. The smallest absolute Gasteiger partial charge is 0.220 e. The Hall–Kier alpha value is -3.56. The minimum Gasteiger partial charge on any atom is -0.392 e. The lowest BCUT2D eigenvalue weighted by Crippen LogP contribution is -2.45. The zero-order valence-electron chi connectivity index (χ0n) is 29.4. The molecule has 4 atom stereocenters. The zero-order chi connectivity index (χ0) is 34.4. The highest BCUT2D eigenvalue weighted by atomic mass is 16.7. The van der Waals surface area contributed by atoms with E-state index in [2.05, 4.69) is 71.0 Å². The summed E-state index contributed by atoms with van der Waals surface area (Å²) < 4.78 is 13.6. The zero-order valence-corrected chi connectivity index (χ0v) is 29.4. The highest BCUT2D eigenvalue weighted by Gasteiger charge is 2.39. The van der Waals surface area contributed by atoms with E-state index in [1.807, 2.05) is 24.3 Å². The van der Waals surface area contributed by atoms with E-state index in [1.165, 1.54) is 39.0 Å². The number of unbranched alkanes of at least 4 members (excludes halogenated alkanes) is 2. The van der Waals surface area contributed by atoms with E-state index in [1.54, 1.807) is 0 Å². The number of carbonyl (C=O) groups excluding carboxylic acids is 2. The van der Waals surface area contributed by atoms with E-state index >= 15 is 0 Å². The monoisotopic (exact) mass is 669 g/mol. The number of nitrogens with one attached hydrogen (secondary N) is 2. The molecule has 8 nitrogen and oxygen atoms in total. The van der Waals surface area contributed by atoms with E-state index < -0.39 is 6.29 Å². The molecule has 3 N–H and O–H groups in total. The van der Waals surface area contributed by atoms with Crippen LogP contribution < -0.4 is 10.6 Å². The standard InChI is InChI=1S/C41H55N3O5/c1-30-38(28-44-23-9-4-3-5-10-24-44)48-41(49-40(30)34-20-18-32(29-45)19-21-34)37-16-12-15-36(26-37)35-14-11-13-33(25-35)27-43-39(47)17-7-6-8-22-42-31(2)46/h11-16,18-21,25-26,30,38,40-41,45H,3-10,17,22-24,27-29H2,1-2H3,(H,42,46)(H,43,47). The first-order chi connectivity index (χ1) is 23.9. The molecule has 2 fully saturated rings. The van der Waals surface area contributed by atoms with Crippen molar-refractivity contribution < 1.29 is 24.2 Å². The molecule has 2 aliphatic rings. The van der Waals surface area contributed by atoms with Gasteiger partial charge < -0.3 is 30.1 Å². The molecular formula is C41H55N3O5. The van der Waals surface area contributed by atoms with E-state index in [9.17, 15) is 14.7 Å². The Labute approximate surface area is 292 Å². The van der Waals surface area contributed by atoms with Crippen molar-refractivity contribution in [3.63, 3.8) is 0 Å². The van der Waals surface area contributed by atoms with Gasteiger partial charge in [0.2, 0.25) is 11.8 Å². The molecule has 4 unspecified atom stereocenters. The summed E-state index contributed by atoms with van der Waals surface area (Å²) in [6, 6.07) is 24.9. The number of nitrogens with zero attached hydrogens (tertiary/aromatic N) is 1. The van der Waals surface area contributed by atoms with Gasteiger partial charge >= 0.3 is 0 Å². The van der Waals surface area contributed by atoms with Gasteiger partial charge in [-0.2, -0.15) is 0 Å². The van der Waals surface area contributed by atoms with Crippen LogP contribution in [0.5, 0.6) is 0 Å². The van der Waals surface area contributed by atoms with Crippen LogP contribution in [-0.4, -0.2) is 54.1 Å². The molecule has 3 aromatic rings.